The molecule has 0 aliphatic carbocycles. The molecule has 0 N–H and O–H groups in total. The summed E-state index contributed by atoms with van der Waals surface area (Å²) in [7, 11) is 1.20. The van der Waals surface area contributed by atoms with Crippen molar-refractivity contribution in [3.05, 3.63) is 11.8 Å². The number of rotatable bonds is 2. The summed E-state index contributed by atoms with van der Waals surface area (Å²) in [6.07, 6.45) is 0.386. The van der Waals surface area contributed by atoms with Crippen molar-refractivity contribution in [2.24, 2.45) is 0 Å². The number of methoxy groups -OCH3 is 1. The SMILES string of the molecule is COC(=O)OC(C)=CC(C)=O. The van der Waals surface area contributed by atoms with Crippen molar-refractivity contribution in [3.8, 4) is 0 Å². The van der Waals surface area contributed by atoms with Crippen LogP contribution in [-0.2, 0) is 14.3 Å². The molecule has 0 aliphatic rings. The van der Waals surface area contributed by atoms with Crippen LogP contribution < -0.4 is 0 Å². The highest BCUT2D eigenvalue weighted by Gasteiger charge is 2.01. The van der Waals surface area contributed by atoms with Crippen molar-refractivity contribution in [3.63, 3.8) is 0 Å². The molecule has 0 rings (SSSR count). The number of carbonyl (C=O) groups excluding carboxylic acids is 2. The third-order valence-corrected chi connectivity index (χ3v) is 0.818. The van der Waals surface area contributed by atoms with Crippen LogP contribution in [0, 0.1) is 0 Å². The van der Waals surface area contributed by atoms with Crippen molar-refractivity contribution >= 4 is 11.9 Å². The predicted octanol–water partition coefficient (Wildman–Crippen LogP) is 1.26. The second-order valence-corrected chi connectivity index (χ2v) is 1.92. The average molecular weight is 158 g/mol. The Bertz CT molecular complexity index is 193. The van der Waals surface area contributed by atoms with Crippen LogP contribution in [0.1, 0.15) is 13.8 Å². The molecule has 0 aromatic rings. The van der Waals surface area contributed by atoms with Crippen LogP contribution >= 0.6 is 0 Å². The van der Waals surface area contributed by atoms with E-state index in [9.17, 15) is 9.59 Å². The fourth-order valence-corrected chi connectivity index (χ4v) is 0.489. The Hall–Kier alpha value is -1.32. The predicted molar refractivity (Wildman–Crippen MR) is 37.9 cm³/mol. The number of allylic oxidation sites excluding steroid dienone is 2. The number of carbonyl (C=O) groups is 2. The summed E-state index contributed by atoms with van der Waals surface area (Å²) in [6.45, 7) is 2.86. The summed E-state index contributed by atoms with van der Waals surface area (Å²) in [4.78, 5) is 20.8. The molecule has 0 unspecified atom stereocenters. The molecule has 4 heteroatoms. The van der Waals surface area contributed by atoms with Gasteiger partial charge in [-0.15, -0.1) is 0 Å². The summed E-state index contributed by atoms with van der Waals surface area (Å²) in [5.74, 6) is 0.0516. The van der Waals surface area contributed by atoms with E-state index in [1.807, 2.05) is 0 Å². The highest BCUT2D eigenvalue weighted by Crippen LogP contribution is 1.97. The maximum absolute atomic E-state index is 10.4. The summed E-state index contributed by atoms with van der Waals surface area (Å²) >= 11 is 0. The van der Waals surface area contributed by atoms with Gasteiger partial charge in [0.2, 0.25) is 0 Å². The molecule has 0 aliphatic heterocycles. The number of hydrogen-bond donors (Lipinski definition) is 0. The molecule has 0 spiro atoms. The van der Waals surface area contributed by atoms with Crippen molar-refractivity contribution < 1.29 is 19.1 Å². The third-order valence-electron chi connectivity index (χ3n) is 0.818. The molecule has 0 saturated carbocycles. The van der Waals surface area contributed by atoms with Gasteiger partial charge in [-0.1, -0.05) is 0 Å². The molecule has 62 valence electrons. The molecule has 0 atom stereocenters. The zero-order valence-corrected chi connectivity index (χ0v) is 6.71. The van der Waals surface area contributed by atoms with Gasteiger partial charge in [0.25, 0.3) is 0 Å². The Morgan fingerprint density at radius 1 is 1.27 bits per heavy atom. The molecule has 0 radical (unpaired) electrons. The lowest BCUT2D eigenvalue weighted by Gasteiger charge is -1.99. The molecule has 0 amide bonds. The monoisotopic (exact) mass is 158 g/mol. The largest absolute Gasteiger partial charge is 0.513 e. The van der Waals surface area contributed by atoms with Gasteiger partial charge in [0.15, 0.2) is 5.78 Å². The Morgan fingerprint density at radius 2 is 1.82 bits per heavy atom. The smallest absolute Gasteiger partial charge is 0.437 e. The highest BCUT2D eigenvalue weighted by atomic mass is 16.7. The molecule has 0 aromatic carbocycles. The van der Waals surface area contributed by atoms with E-state index in [1.165, 1.54) is 27.0 Å². The van der Waals surface area contributed by atoms with E-state index < -0.39 is 6.16 Å². The van der Waals surface area contributed by atoms with Crippen LogP contribution in [0.15, 0.2) is 11.8 Å². The second kappa shape index (κ2) is 4.49. The first-order valence-electron chi connectivity index (χ1n) is 3.01. The van der Waals surface area contributed by atoms with E-state index >= 15 is 0 Å². The van der Waals surface area contributed by atoms with Crippen LogP contribution in [0.3, 0.4) is 0 Å². The first kappa shape index (κ1) is 9.68. The standard InChI is InChI=1S/C7H10O4/c1-5(8)4-6(2)11-7(9)10-3/h4H,1-3H3. The van der Waals surface area contributed by atoms with Crippen molar-refractivity contribution in [2.45, 2.75) is 13.8 Å². The van der Waals surface area contributed by atoms with Crippen LogP contribution in [0.4, 0.5) is 4.79 Å². The quantitative estimate of drug-likeness (QED) is 0.345. The Labute approximate surface area is 64.8 Å². The fraction of sp³-hybridized carbons (Fsp3) is 0.429. The van der Waals surface area contributed by atoms with Crippen LogP contribution in [0.5, 0.6) is 0 Å². The van der Waals surface area contributed by atoms with Gasteiger partial charge in [0, 0.05) is 6.08 Å². The lowest BCUT2D eigenvalue weighted by Crippen LogP contribution is -2.03. The molecule has 0 heterocycles. The van der Waals surface area contributed by atoms with Crippen LogP contribution in [0.2, 0.25) is 0 Å². The topological polar surface area (TPSA) is 52.6 Å². The molecule has 0 fully saturated rings. The molecule has 4 nitrogen and oxygen atoms in total. The van der Waals surface area contributed by atoms with Gasteiger partial charge in [0.05, 0.1) is 7.11 Å². The van der Waals surface area contributed by atoms with E-state index in [2.05, 4.69) is 9.47 Å². The Kier molecular flexibility index (Phi) is 3.95. The zero-order valence-electron chi connectivity index (χ0n) is 6.71. The number of hydrogen-bond acceptors (Lipinski definition) is 4. The number of ketones is 1. The van der Waals surface area contributed by atoms with Gasteiger partial charge >= 0.3 is 6.16 Å². The van der Waals surface area contributed by atoms with Gasteiger partial charge in [-0.05, 0) is 13.8 Å². The van der Waals surface area contributed by atoms with Crippen molar-refractivity contribution in [1.82, 2.24) is 0 Å². The minimum absolute atomic E-state index is 0.175. The van der Waals surface area contributed by atoms with Gasteiger partial charge in [-0.2, -0.15) is 0 Å². The number of ether oxygens (including phenoxy) is 2. The maximum atomic E-state index is 10.4. The molecule has 0 bridgehead atoms. The third kappa shape index (κ3) is 5.14. The average Bonchev–Trinajstić information content (AvgIpc) is 1.85. The normalized spacial score (nSPS) is 10.6. The molecule has 11 heavy (non-hydrogen) atoms. The molecule has 0 aromatic heterocycles. The van der Waals surface area contributed by atoms with Gasteiger partial charge in [-0.3, -0.25) is 4.79 Å². The van der Waals surface area contributed by atoms with E-state index in [-0.39, 0.29) is 11.5 Å². The summed E-state index contributed by atoms with van der Waals surface area (Å²) in [5.41, 5.74) is 0. The first-order valence-corrected chi connectivity index (χ1v) is 3.01. The minimum Gasteiger partial charge on any atom is -0.437 e. The molecular formula is C7H10O4. The minimum atomic E-state index is -0.819. The van der Waals surface area contributed by atoms with Gasteiger partial charge < -0.3 is 9.47 Å². The summed E-state index contributed by atoms with van der Waals surface area (Å²) in [6, 6.07) is 0. The second-order valence-electron chi connectivity index (χ2n) is 1.92. The van der Waals surface area contributed by atoms with Crippen LogP contribution in [0.25, 0.3) is 0 Å². The van der Waals surface area contributed by atoms with Gasteiger partial charge in [-0.25, -0.2) is 4.79 Å². The highest BCUT2D eigenvalue weighted by molar-refractivity contribution is 5.87. The van der Waals surface area contributed by atoms with E-state index in [1.54, 1.807) is 0 Å². The fourth-order valence-electron chi connectivity index (χ4n) is 0.489. The molecule has 0 saturated heterocycles. The maximum Gasteiger partial charge on any atom is 0.513 e. The van der Waals surface area contributed by atoms with Gasteiger partial charge in [0.1, 0.15) is 5.76 Å². The van der Waals surface area contributed by atoms with E-state index in [0.717, 1.165) is 0 Å². The van der Waals surface area contributed by atoms with E-state index in [0.29, 0.717) is 0 Å². The molecular weight excluding hydrogens is 148 g/mol. The summed E-state index contributed by atoms with van der Waals surface area (Å²) in [5, 5.41) is 0. The Balaban J connectivity index is 3.96. The van der Waals surface area contributed by atoms with Crippen molar-refractivity contribution in [2.75, 3.05) is 7.11 Å². The lowest BCUT2D eigenvalue weighted by molar-refractivity contribution is -0.112. The van der Waals surface area contributed by atoms with Crippen molar-refractivity contribution in [1.29, 1.82) is 0 Å². The lowest BCUT2D eigenvalue weighted by atomic mass is 10.4. The summed E-state index contributed by atoms with van der Waals surface area (Å²) < 4.78 is 8.68. The first-order chi connectivity index (χ1) is 5.06. The van der Waals surface area contributed by atoms with Crippen LogP contribution in [-0.4, -0.2) is 19.0 Å². The Morgan fingerprint density at radius 3 is 2.18 bits per heavy atom. The zero-order chi connectivity index (χ0) is 8.85. The van der Waals surface area contributed by atoms with E-state index in [4.69, 9.17) is 0 Å².